The molecule has 2 aliphatic heterocycles. The van der Waals surface area contributed by atoms with E-state index in [1.807, 2.05) is 4.90 Å². The van der Waals surface area contributed by atoms with Gasteiger partial charge in [-0.15, -0.1) is 11.8 Å². The fraction of sp³-hybridized carbons (Fsp3) is 0.562. The van der Waals surface area contributed by atoms with Gasteiger partial charge in [-0.2, -0.15) is 13.2 Å². The normalized spacial score (nSPS) is 19.3. The molecule has 0 bridgehead atoms. The van der Waals surface area contributed by atoms with Gasteiger partial charge < -0.3 is 9.80 Å². The lowest BCUT2D eigenvalue weighted by Crippen LogP contribution is -2.45. The molecule has 0 atom stereocenters. The summed E-state index contributed by atoms with van der Waals surface area (Å²) in [5, 5.41) is 0. The van der Waals surface area contributed by atoms with Crippen LogP contribution in [0.5, 0.6) is 0 Å². The van der Waals surface area contributed by atoms with E-state index in [0.29, 0.717) is 17.9 Å². The highest BCUT2D eigenvalue weighted by molar-refractivity contribution is 7.99. The van der Waals surface area contributed by atoms with E-state index < -0.39 is 11.7 Å². The molecule has 0 aromatic heterocycles. The van der Waals surface area contributed by atoms with Crippen LogP contribution in [0.15, 0.2) is 23.1 Å². The number of urea groups is 1. The summed E-state index contributed by atoms with van der Waals surface area (Å²) in [5.41, 5.74) is -0.0000408. The van der Waals surface area contributed by atoms with Gasteiger partial charge in [0.05, 0.1) is 5.56 Å². The van der Waals surface area contributed by atoms with Crippen molar-refractivity contribution in [3.8, 4) is 0 Å². The molecule has 2 amide bonds. The molecule has 1 aromatic carbocycles. The number of rotatable bonds is 0. The standard InChI is InChI=1S/C16H19F3N2OS/c17-16(18,19)13-6-4-5-12-11-21(9-10-23-14(12)13)15(22)20-7-2-1-3-8-20/h4-6H,1-3,7-11H2. The molecular formula is C16H19F3N2OS. The molecule has 0 spiro atoms. The zero-order valence-corrected chi connectivity index (χ0v) is 13.6. The zero-order valence-electron chi connectivity index (χ0n) is 12.7. The number of carbonyl (C=O) groups excluding carboxylic acids is 1. The summed E-state index contributed by atoms with van der Waals surface area (Å²) in [4.78, 5) is 16.4. The van der Waals surface area contributed by atoms with Crippen LogP contribution in [-0.4, -0.2) is 41.2 Å². The van der Waals surface area contributed by atoms with Crippen molar-refractivity contribution in [1.29, 1.82) is 0 Å². The first-order valence-corrected chi connectivity index (χ1v) is 8.81. The van der Waals surface area contributed by atoms with Crippen molar-refractivity contribution in [1.82, 2.24) is 9.80 Å². The Labute approximate surface area is 137 Å². The van der Waals surface area contributed by atoms with Crippen LogP contribution >= 0.6 is 11.8 Å². The van der Waals surface area contributed by atoms with Crippen LogP contribution in [0.2, 0.25) is 0 Å². The second-order valence-electron chi connectivity index (χ2n) is 5.89. The Morgan fingerprint density at radius 2 is 1.78 bits per heavy atom. The first-order valence-electron chi connectivity index (χ1n) is 7.82. The van der Waals surface area contributed by atoms with E-state index in [-0.39, 0.29) is 17.5 Å². The average Bonchev–Trinajstić information content (AvgIpc) is 2.76. The van der Waals surface area contributed by atoms with Gasteiger partial charge in [0.2, 0.25) is 0 Å². The Kier molecular flexibility index (Phi) is 4.75. The van der Waals surface area contributed by atoms with Crippen LogP contribution in [0.3, 0.4) is 0 Å². The third-order valence-corrected chi connectivity index (χ3v) is 5.43. The summed E-state index contributed by atoms with van der Waals surface area (Å²) in [6, 6.07) is 4.19. The van der Waals surface area contributed by atoms with Gasteiger partial charge in [-0.05, 0) is 30.9 Å². The van der Waals surface area contributed by atoms with E-state index in [1.54, 1.807) is 11.0 Å². The van der Waals surface area contributed by atoms with Crippen LogP contribution in [0, 0.1) is 0 Å². The van der Waals surface area contributed by atoms with Crippen LogP contribution < -0.4 is 0 Å². The first kappa shape index (κ1) is 16.5. The summed E-state index contributed by atoms with van der Waals surface area (Å²) in [6.07, 6.45) is -1.21. The number of carbonyl (C=O) groups is 1. The van der Waals surface area contributed by atoms with Crippen LogP contribution in [0.1, 0.15) is 30.4 Å². The topological polar surface area (TPSA) is 23.6 Å². The smallest absolute Gasteiger partial charge is 0.325 e. The Morgan fingerprint density at radius 1 is 1.04 bits per heavy atom. The van der Waals surface area contributed by atoms with Gasteiger partial charge in [-0.25, -0.2) is 4.79 Å². The number of alkyl halides is 3. The molecule has 126 valence electrons. The lowest BCUT2D eigenvalue weighted by atomic mass is 10.1. The fourth-order valence-electron chi connectivity index (χ4n) is 3.09. The monoisotopic (exact) mass is 344 g/mol. The van der Waals surface area contributed by atoms with Crippen LogP contribution in [0.4, 0.5) is 18.0 Å². The summed E-state index contributed by atoms with van der Waals surface area (Å²) in [6.45, 7) is 2.23. The Balaban J connectivity index is 1.82. The Bertz CT molecular complexity index is 585. The van der Waals surface area contributed by atoms with E-state index in [4.69, 9.17) is 0 Å². The van der Waals surface area contributed by atoms with E-state index in [0.717, 1.165) is 38.4 Å². The van der Waals surface area contributed by atoms with Gasteiger partial charge in [0.1, 0.15) is 0 Å². The van der Waals surface area contributed by atoms with E-state index in [1.165, 1.54) is 17.8 Å². The third-order valence-electron chi connectivity index (χ3n) is 4.27. The zero-order chi connectivity index (χ0) is 16.4. The Hall–Kier alpha value is -1.37. The minimum Gasteiger partial charge on any atom is -0.325 e. The maximum Gasteiger partial charge on any atom is 0.417 e. The second-order valence-corrected chi connectivity index (χ2v) is 7.00. The van der Waals surface area contributed by atoms with Gasteiger partial charge >= 0.3 is 12.2 Å². The quantitative estimate of drug-likeness (QED) is 0.703. The van der Waals surface area contributed by atoms with Crippen molar-refractivity contribution >= 4 is 17.8 Å². The van der Waals surface area contributed by atoms with Crippen molar-refractivity contribution in [3.05, 3.63) is 29.3 Å². The molecule has 1 fully saturated rings. The molecule has 3 nitrogen and oxygen atoms in total. The molecule has 0 radical (unpaired) electrons. The van der Waals surface area contributed by atoms with Gasteiger partial charge in [-0.3, -0.25) is 0 Å². The molecule has 0 aliphatic carbocycles. The molecule has 1 saturated heterocycles. The molecule has 7 heteroatoms. The average molecular weight is 344 g/mol. The van der Waals surface area contributed by atoms with Gasteiger partial charge in [-0.1, -0.05) is 12.1 Å². The number of hydrogen-bond acceptors (Lipinski definition) is 2. The summed E-state index contributed by atoms with van der Waals surface area (Å²) < 4.78 is 39.5. The second kappa shape index (κ2) is 6.63. The number of nitrogens with zero attached hydrogens (tertiary/aromatic N) is 2. The summed E-state index contributed by atoms with van der Waals surface area (Å²) >= 11 is 1.20. The van der Waals surface area contributed by atoms with Crippen molar-refractivity contribution in [2.45, 2.75) is 36.9 Å². The van der Waals surface area contributed by atoms with Gasteiger partial charge in [0.15, 0.2) is 0 Å². The van der Waals surface area contributed by atoms with E-state index >= 15 is 0 Å². The summed E-state index contributed by atoms with van der Waals surface area (Å²) in [7, 11) is 0. The molecule has 0 N–H and O–H groups in total. The molecule has 0 saturated carbocycles. The predicted octanol–water partition coefficient (Wildman–Crippen LogP) is 4.22. The van der Waals surface area contributed by atoms with Crippen molar-refractivity contribution < 1.29 is 18.0 Å². The van der Waals surface area contributed by atoms with E-state index in [2.05, 4.69) is 0 Å². The lowest BCUT2D eigenvalue weighted by Gasteiger charge is -2.32. The number of likely N-dealkylation sites (tertiary alicyclic amines) is 1. The van der Waals surface area contributed by atoms with Crippen molar-refractivity contribution in [2.24, 2.45) is 0 Å². The number of hydrogen-bond donors (Lipinski definition) is 0. The number of amides is 2. The van der Waals surface area contributed by atoms with Crippen LogP contribution in [0.25, 0.3) is 0 Å². The maximum absolute atomic E-state index is 13.2. The number of thioether (sulfide) groups is 1. The molecule has 2 aliphatic rings. The highest BCUT2D eigenvalue weighted by atomic mass is 32.2. The van der Waals surface area contributed by atoms with Crippen molar-refractivity contribution in [3.63, 3.8) is 0 Å². The maximum atomic E-state index is 13.2. The van der Waals surface area contributed by atoms with Crippen LogP contribution in [-0.2, 0) is 12.7 Å². The molecular weight excluding hydrogens is 325 g/mol. The molecule has 1 aromatic rings. The largest absolute Gasteiger partial charge is 0.417 e. The predicted molar refractivity (Wildman–Crippen MR) is 83.4 cm³/mol. The summed E-state index contributed by atoms with van der Waals surface area (Å²) in [5.74, 6) is 0.486. The minimum atomic E-state index is -4.36. The molecule has 23 heavy (non-hydrogen) atoms. The highest BCUT2D eigenvalue weighted by Gasteiger charge is 2.35. The SMILES string of the molecule is O=C(N1CCCCC1)N1CCSc2c(cccc2C(F)(F)F)C1. The molecule has 3 rings (SSSR count). The first-order chi connectivity index (χ1) is 11.0. The number of benzene rings is 1. The Morgan fingerprint density at radius 3 is 2.48 bits per heavy atom. The van der Waals surface area contributed by atoms with E-state index in [9.17, 15) is 18.0 Å². The molecule has 2 heterocycles. The van der Waals surface area contributed by atoms with Gasteiger partial charge in [0, 0.05) is 36.8 Å². The fourth-order valence-corrected chi connectivity index (χ4v) is 4.27. The third kappa shape index (κ3) is 3.59. The van der Waals surface area contributed by atoms with Crippen molar-refractivity contribution in [2.75, 3.05) is 25.4 Å². The lowest BCUT2D eigenvalue weighted by molar-refractivity contribution is -0.139. The molecule has 0 unspecified atom stereocenters. The highest BCUT2D eigenvalue weighted by Crippen LogP contribution is 2.40. The minimum absolute atomic E-state index is 0.0458. The number of piperidine rings is 1. The number of halogens is 3. The van der Waals surface area contributed by atoms with Gasteiger partial charge in [0.25, 0.3) is 0 Å². The number of fused-ring (bicyclic) bond motifs is 1.